The maximum absolute atomic E-state index is 13.1. The number of nitrogens with one attached hydrogen (secondary N) is 3. The Morgan fingerprint density at radius 3 is 2.03 bits per heavy atom. The first-order chi connectivity index (χ1) is 52.8. The molecule has 3 fully saturated rings. The van der Waals surface area contributed by atoms with Gasteiger partial charge in [0.05, 0.1) is 69.6 Å². The number of piperidine rings is 1. The van der Waals surface area contributed by atoms with Crippen LogP contribution in [-0.4, -0.2) is 191 Å². The molecule has 25 nitrogen and oxygen atoms in total. The molecule has 5 aromatic heterocycles. The van der Waals surface area contributed by atoms with Crippen LogP contribution in [-0.2, 0) is 47.7 Å². The van der Waals surface area contributed by atoms with Crippen molar-refractivity contribution in [2.24, 2.45) is 13.0 Å². The lowest BCUT2D eigenvalue weighted by molar-refractivity contribution is -0.129. The zero-order chi connectivity index (χ0) is 79.0. The smallest absolute Gasteiger partial charge is 0.276 e. The summed E-state index contributed by atoms with van der Waals surface area (Å²) in [6.07, 6.45) is 11.9. The molecule has 2 atom stereocenters. The van der Waals surface area contributed by atoms with Crippen LogP contribution in [0.4, 0.5) is 51.7 Å². The number of likely N-dealkylation sites (tertiary alicyclic amines) is 1. The summed E-state index contributed by atoms with van der Waals surface area (Å²) in [4.78, 5) is 81.2. The number of benzene rings is 5. The molecule has 0 spiro atoms. The Morgan fingerprint density at radius 2 is 1.36 bits per heavy atom. The summed E-state index contributed by atoms with van der Waals surface area (Å²) in [6, 6.07) is 41.1. The molecule has 5 aliphatic rings. The van der Waals surface area contributed by atoms with Crippen molar-refractivity contribution in [1.82, 2.24) is 53.8 Å². The van der Waals surface area contributed by atoms with Gasteiger partial charge in [0.2, 0.25) is 25.1 Å². The molecular formula is C83H102N17O8P3. The topological polar surface area (TPSA) is 263 Å². The third-order valence-corrected chi connectivity index (χ3v) is 26.6. The van der Waals surface area contributed by atoms with Crippen molar-refractivity contribution in [2.45, 2.75) is 84.8 Å². The Kier molecular flexibility index (Phi) is 23.3. The number of likely N-dealkylation sites (N-methyl/N-ethyl adjacent to an activating group) is 2. The van der Waals surface area contributed by atoms with Crippen LogP contribution in [0.15, 0.2) is 151 Å². The molecule has 582 valence electrons. The minimum atomic E-state index is -2.43. The fourth-order valence-corrected chi connectivity index (χ4v) is 18.1. The highest BCUT2D eigenvalue weighted by atomic mass is 31.2. The number of hydrogen-bond acceptors (Lipinski definition) is 19. The lowest BCUT2D eigenvalue weighted by Gasteiger charge is -2.35. The molecule has 4 aliphatic heterocycles. The first-order valence-corrected chi connectivity index (χ1v) is 45.5. The van der Waals surface area contributed by atoms with E-state index in [2.05, 4.69) is 91.6 Å². The van der Waals surface area contributed by atoms with Gasteiger partial charge in [-0.2, -0.15) is 5.10 Å². The molecule has 9 heterocycles. The van der Waals surface area contributed by atoms with Crippen molar-refractivity contribution in [2.75, 3.05) is 144 Å². The SMILES string of the molecule is CC(C)CCN1CC(=O)N(C)c2cnc(Nc3ccc(C4CCP(C)(=O)O4)cc3)cc21.CN1CCC(N(C)C(=O)c2ccc(Nc3cc4c(cn3)c(=O)n(C)n4-c3ccc(P(C)(C)=O)cc3)cc2)CC1.Cc1cc(N2CCC(=O)N(C)CC2)ccc1Nc1ncc2c(n1)-c1c(c(C)nn1-c1cccc(P(C)(C)=O)c1)CC2. The number of rotatable bonds is 17. The molecule has 3 N–H and O–H groups in total. The van der Waals surface area contributed by atoms with E-state index in [1.165, 1.54) is 5.56 Å². The van der Waals surface area contributed by atoms with Crippen molar-refractivity contribution >= 4 is 113 Å². The van der Waals surface area contributed by atoms with E-state index < -0.39 is 21.7 Å². The van der Waals surface area contributed by atoms with Crippen LogP contribution in [0, 0.1) is 19.8 Å². The van der Waals surface area contributed by atoms with Crippen molar-refractivity contribution in [3.05, 3.63) is 190 Å². The van der Waals surface area contributed by atoms with Crippen LogP contribution in [0.1, 0.15) is 90.4 Å². The second-order valence-electron chi connectivity index (χ2n) is 31.2. The zero-order valence-electron chi connectivity index (χ0n) is 66.1. The predicted octanol–water partition coefficient (Wildman–Crippen LogP) is 13.6. The van der Waals surface area contributed by atoms with Gasteiger partial charge in [-0.1, -0.05) is 38.1 Å². The number of nitrogens with zero attached hydrogens (tertiary/aromatic N) is 14. The number of carbonyl (C=O) groups excluding carboxylic acids is 3. The first kappa shape index (κ1) is 79.1. The van der Waals surface area contributed by atoms with Crippen molar-refractivity contribution in [1.29, 1.82) is 0 Å². The van der Waals surface area contributed by atoms with Gasteiger partial charge in [0, 0.05) is 149 Å². The molecule has 28 heteroatoms. The van der Waals surface area contributed by atoms with Crippen LogP contribution in [0.25, 0.3) is 33.7 Å². The van der Waals surface area contributed by atoms with Crippen LogP contribution in [0.3, 0.4) is 0 Å². The second kappa shape index (κ2) is 32.7. The fraction of sp³-hybridized carbons (Fsp3) is 0.386. The minimum absolute atomic E-state index is 0.0254. The normalized spacial score (nSPS) is 17.5. The van der Waals surface area contributed by atoms with Gasteiger partial charge in [0.1, 0.15) is 25.9 Å². The number of fused-ring (bicyclic) bond motifs is 5. The summed E-state index contributed by atoms with van der Waals surface area (Å²) in [5.74, 6) is 2.71. The van der Waals surface area contributed by atoms with Crippen LogP contribution < -0.4 is 46.8 Å². The summed E-state index contributed by atoms with van der Waals surface area (Å²) in [7, 11) is 2.15. The van der Waals surface area contributed by atoms with Crippen molar-refractivity contribution in [3.8, 4) is 22.8 Å². The number of aryl methyl sites for hydroxylation is 3. The number of anilines is 9. The summed E-state index contributed by atoms with van der Waals surface area (Å²) >= 11 is 0. The van der Waals surface area contributed by atoms with Gasteiger partial charge in [0.25, 0.3) is 11.5 Å². The molecule has 2 unspecified atom stereocenters. The van der Waals surface area contributed by atoms with Crippen LogP contribution >= 0.6 is 21.7 Å². The van der Waals surface area contributed by atoms with E-state index in [0.29, 0.717) is 53.3 Å². The van der Waals surface area contributed by atoms with Crippen LogP contribution in [0.5, 0.6) is 0 Å². The van der Waals surface area contributed by atoms with E-state index in [1.54, 1.807) is 74.3 Å². The monoisotopic (exact) mass is 1560 g/mol. The average Bonchev–Trinajstić information content (AvgIpc) is 1.63. The molecule has 0 radical (unpaired) electrons. The highest BCUT2D eigenvalue weighted by molar-refractivity contribution is 7.70. The van der Waals surface area contributed by atoms with Crippen molar-refractivity contribution < 1.29 is 32.6 Å². The van der Waals surface area contributed by atoms with E-state index in [4.69, 9.17) is 14.6 Å². The van der Waals surface area contributed by atoms with Gasteiger partial charge in [-0.25, -0.2) is 29.3 Å². The lowest BCUT2D eigenvalue weighted by atomic mass is 9.93. The molecule has 0 saturated carbocycles. The van der Waals surface area contributed by atoms with E-state index in [-0.39, 0.29) is 35.4 Å². The molecule has 3 saturated heterocycles. The Hall–Kier alpha value is -10.0. The molecule has 1 aliphatic carbocycles. The van der Waals surface area contributed by atoms with Gasteiger partial charge in [-0.05, 0) is 213 Å². The maximum atomic E-state index is 13.1. The van der Waals surface area contributed by atoms with Gasteiger partial charge in [0.15, 0.2) is 0 Å². The Balaban J connectivity index is 0.000000148. The summed E-state index contributed by atoms with van der Waals surface area (Å²) in [5, 5.41) is 17.1. The average molecular weight is 1560 g/mol. The molecule has 0 bridgehead atoms. The van der Waals surface area contributed by atoms with E-state index >= 15 is 0 Å². The molecular weight excluding hydrogens is 1460 g/mol. The Morgan fingerprint density at radius 1 is 0.685 bits per heavy atom. The standard InChI is InChI=1S/C31H36N7O2P.C29H35N6O3P.C23H31N4O3P/c1-20-17-23(37-14-13-28(39)36(3)15-16-37)10-12-27(20)33-31-32-19-22-9-11-26-21(2)35-38(30(26)29(22)34-31)24-7-6-8-25(18-24)41(4,5)40;1-32-16-14-22(15-17-32)33(2)28(36)20-6-8-21(9-7-20)31-27-18-26-25(19-30-27)29(37)34(3)35(26)23-10-12-24(13-11-23)39(4,5)38;1-16(2)9-11-27-15-23(28)26(3)20-14-24-22(13-19(20)27)25-18-7-5-17(6-8-18)21-10-12-31(4,29)30-21/h6-8,10,12,17-19H,9,11,13-16H2,1-5H3,(H,32,33,34);6-13,18-19,22H,14-17H2,1-5H3,(H,30,31);5-8,13-14,16,21H,9-12,15H2,1-4H3,(H,24,25). The summed E-state index contributed by atoms with van der Waals surface area (Å²) in [6.45, 7) is 22.7. The van der Waals surface area contributed by atoms with Gasteiger partial charge in [-0.3, -0.25) is 28.4 Å². The largest absolute Gasteiger partial charge is 0.369 e. The van der Waals surface area contributed by atoms with Gasteiger partial charge in [-0.15, -0.1) is 0 Å². The molecule has 15 rings (SSSR count). The van der Waals surface area contributed by atoms with Crippen molar-refractivity contribution in [3.63, 3.8) is 0 Å². The third-order valence-electron chi connectivity index (χ3n) is 21.7. The van der Waals surface area contributed by atoms with E-state index in [9.17, 15) is 32.9 Å². The minimum Gasteiger partial charge on any atom is -0.369 e. The Bertz CT molecular complexity index is 5350. The highest BCUT2D eigenvalue weighted by Crippen LogP contribution is 2.56. The highest BCUT2D eigenvalue weighted by Gasteiger charge is 2.34. The Labute approximate surface area is 650 Å². The van der Waals surface area contributed by atoms with Gasteiger partial charge < -0.3 is 59.0 Å². The first-order valence-electron chi connectivity index (χ1n) is 38.0. The second-order valence-corrected chi connectivity index (χ2v) is 40.3. The van der Waals surface area contributed by atoms with Gasteiger partial charge >= 0.3 is 0 Å². The number of amides is 3. The fourth-order valence-electron chi connectivity index (χ4n) is 14.8. The summed E-state index contributed by atoms with van der Waals surface area (Å²) < 4.78 is 48.4. The molecule has 10 aromatic rings. The van der Waals surface area contributed by atoms with Crippen LogP contribution in [0.2, 0.25) is 0 Å². The molecule has 3 amide bonds. The quantitative estimate of drug-likeness (QED) is 0.0715. The third kappa shape index (κ3) is 18.0. The number of aromatic nitrogens is 8. The number of hydrogen-bond donors (Lipinski definition) is 3. The lowest BCUT2D eigenvalue weighted by Crippen LogP contribution is -2.44. The zero-order valence-corrected chi connectivity index (χ0v) is 68.7. The van der Waals surface area contributed by atoms with E-state index in [1.807, 2.05) is 151 Å². The maximum Gasteiger partial charge on any atom is 0.276 e. The van der Waals surface area contributed by atoms with E-state index in [0.717, 1.165) is 173 Å². The number of pyridine rings is 2. The summed E-state index contributed by atoms with van der Waals surface area (Å²) in [5.41, 5.74) is 15.7. The molecule has 111 heavy (non-hydrogen) atoms. The number of carbonyl (C=O) groups is 3. The molecule has 5 aromatic carbocycles. The predicted molar refractivity (Wildman–Crippen MR) is 448 cm³/mol.